The average molecular weight is 409 g/mol. The Labute approximate surface area is 164 Å². The normalized spacial score (nSPS) is 11.3. The van der Waals surface area contributed by atoms with Gasteiger partial charge in [-0.15, -0.1) is 31.7 Å². The maximum atomic E-state index is 12.1. The molecule has 3 rings (SSSR count). The fourth-order valence-electron chi connectivity index (χ4n) is 2.64. The van der Waals surface area contributed by atoms with Gasteiger partial charge in [-0.2, -0.15) is 0 Å². The van der Waals surface area contributed by atoms with Crippen LogP contribution >= 0.6 is 34.4 Å². The van der Waals surface area contributed by atoms with Gasteiger partial charge in [0.1, 0.15) is 5.51 Å². The van der Waals surface area contributed by atoms with Gasteiger partial charge in [-0.25, -0.2) is 0 Å². The highest BCUT2D eigenvalue weighted by Gasteiger charge is 2.21. The molecule has 1 amide bonds. The van der Waals surface area contributed by atoms with Crippen LogP contribution in [0.5, 0.6) is 0 Å². The van der Waals surface area contributed by atoms with E-state index in [2.05, 4.69) is 63.4 Å². The molecule has 138 valence electrons. The number of amides is 1. The van der Waals surface area contributed by atoms with Gasteiger partial charge >= 0.3 is 0 Å². The van der Waals surface area contributed by atoms with E-state index in [0.717, 1.165) is 23.0 Å². The summed E-state index contributed by atoms with van der Waals surface area (Å²) in [6.07, 6.45) is 0.961. The fraction of sp³-hybridized carbons (Fsp3) is 0.438. The Hall–Kier alpha value is -1.78. The molecule has 3 aromatic heterocycles. The highest BCUT2D eigenvalue weighted by molar-refractivity contribution is 7.99. The first kappa shape index (κ1) is 19.0. The molecular formula is C16H20N6OS3. The molecule has 7 nitrogen and oxygen atoms in total. The lowest BCUT2D eigenvalue weighted by atomic mass is 10.1. The number of thioether (sulfide) groups is 1. The summed E-state index contributed by atoms with van der Waals surface area (Å²) in [5.74, 6) is 0.980. The second kappa shape index (κ2) is 8.28. The zero-order valence-corrected chi connectivity index (χ0v) is 17.5. The number of carbonyl (C=O) groups is 1. The first-order chi connectivity index (χ1) is 12.5. The molecule has 0 saturated heterocycles. The summed E-state index contributed by atoms with van der Waals surface area (Å²) in [6.45, 7) is 8.49. The van der Waals surface area contributed by atoms with E-state index in [0.29, 0.717) is 5.13 Å². The summed E-state index contributed by atoms with van der Waals surface area (Å²) >= 11 is 4.41. The fourth-order valence-corrected chi connectivity index (χ4v) is 4.91. The van der Waals surface area contributed by atoms with Crippen LogP contribution in [0.1, 0.15) is 37.3 Å². The van der Waals surface area contributed by atoms with Crippen molar-refractivity contribution in [3.05, 3.63) is 21.3 Å². The van der Waals surface area contributed by atoms with Gasteiger partial charge in [0.25, 0.3) is 0 Å². The molecule has 0 aliphatic rings. The van der Waals surface area contributed by atoms with E-state index in [1.54, 1.807) is 16.8 Å². The summed E-state index contributed by atoms with van der Waals surface area (Å²) in [6, 6.07) is 0.193. The summed E-state index contributed by atoms with van der Waals surface area (Å²) in [7, 11) is 0. The maximum Gasteiger partial charge on any atom is 0.236 e. The third kappa shape index (κ3) is 3.97. The molecule has 0 aliphatic carbocycles. The molecule has 0 radical (unpaired) electrons. The number of aromatic nitrogens is 5. The van der Waals surface area contributed by atoms with Crippen LogP contribution in [0.2, 0.25) is 0 Å². The highest BCUT2D eigenvalue weighted by Crippen LogP contribution is 2.34. The lowest BCUT2D eigenvalue weighted by molar-refractivity contribution is -0.113. The van der Waals surface area contributed by atoms with Crippen LogP contribution in [0.4, 0.5) is 5.13 Å². The van der Waals surface area contributed by atoms with Gasteiger partial charge in [0.15, 0.2) is 11.0 Å². The second-order valence-electron chi connectivity index (χ2n) is 5.89. The van der Waals surface area contributed by atoms with Crippen molar-refractivity contribution in [3.8, 4) is 11.4 Å². The largest absolute Gasteiger partial charge is 0.300 e. The number of rotatable bonds is 7. The monoisotopic (exact) mass is 408 g/mol. The molecule has 0 unspecified atom stereocenters. The van der Waals surface area contributed by atoms with Crippen molar-refractivity contribution in [1.82, 2.24) is 25.0 Å². The van der Waals surface area contributed by atoms with Crippen molar-refractivity contribution in [2.24, 2.45) is 0 Å². The average Bonchev–Trinajstić information content (AvgIpc) is 3.31. The maximum absolute atomic E-state index is 12.1. The van der Waals surface area contributed by atoms with Crippen LogP contribution in [0.25, 0.3) is 11.4 Å². The smallest absolute Gasteiger partial charge is 0.236 e. The second-order valence-corrected chi connectivity index (χ2v) is 8.75. The minimum absolute atomic E-state index is 0.132. The van der Waals surface area contributed by atoms with E-state index in [1.807, 2.05) is 0 Å². The zero-order chi connectivity index (χ0) is 18.7. The van der Waals surface area contributed by atoms with Gasteiger partial charge in [0.05, 0.1) is 5.75 Å². The van der Waals surface area contributed by atoms with Crippen LogP contribution in [0, 0.1) is 6.92 Å². The van der Waals surface area contributed by atoms with E-state index in [-0.39, 0.29) is 17.7 Å². The number of nitrogens with zero attached hydrogens (tertiary/aromatic N) is 5. The molecule has 26 heavy (non-hydrogen) atoms. The first-order valence-electron chi connectivity index (χ1n) is 8.22. The number of anilines is 1. The van der Waals surface area contributed by atoms with Crippen molar-refractivity contribution in [1.29, 1.82) is 0 Å². The molecule has 0 fully saturated rings. The van der Waals surface area contributed by atoms with E-state index < -0.39 is 0 Å². The Morgan fingerprint density at radius 1 is 1.31 bits per heavy atom. The highest BCUT2D eigenvalue weighted by atomic mass is 32.2. The van der Waals surface area contributed by atoms with Crippen LogP contribution in [0.3, 0.4) is 0 Å². The number of aryl methyl sites for hydroxylation is 1. The minimum Gasteiger partial charge on any atom is -0.300 e. The van der Waals surface area contributed by atoms with Crippen molar-refractivity contribution in [3.63, 3.8) is 0 Å². The SMILES string of the molecule is CCc1c(-c2nnc(SCC(=O)Nc3nncs3)n2C(C)C)csc1C. The van der Waals surface area contributed by atoms with Crippen LogP contribution in [-0.4, -0.2) is 36.6 Å². The molecule has 3 aromatic rings. The molecule has 0 aliphatic heterocycles. The number of hydrogen-bond acceptors (Lipinski definition) is 8. The van der Waals surface area contributed by atoms with Crippen molar-refractivity contribution in [2.75, 3.05) is 11.1 Å². The predicted octanol–water partition coefficient (Wildman–Crippen LogP) is 4.04. The molecule has 10 heteroatoms. The van der Waals surface area contributed by atoms with E-state index in [9.17, 15) is 4.79 Å². The number of carbonyl (C=O) groups excluding carboxylic acids is 1. The first-order valence-corrected chi connectivity index (χ1v) is 11.0. The van der Waals surface area contributed by atoms with Crippen molar-refractivity contribution in [2.45, 2.75) is 45.3 Å². The Kier molecular flexibility index (Phi) is 6.05. The standard InChI is InChI=1S/C16H20N6OS3/c1-5-11-10(4)24-6-12(11)14-19-21-16(22(14)9(2)3)25-7-13(23)18-15-20-17-8-26-15/h6,8-9H,5,7H2,1-4H3,(H,18,20,23). The van der Waals surface area contributed by atoms with Crippen molar-refractivity contribution < 1.29 is 4.79 Å². The minimum atomic E-state index is -0.132. The molecule has 0 aromatic carbocycles. The van der Waals surface area contributed by atoms with Gasteiger partial charge < -0.3 is 0 Å². The van der Waals surface area contributed by atoms with Crippen LogP contribution < -0.4 is 5.32 Å². The summed E-state index contributed by atoms with van der Waals surface area (Å²) in [4.78, 5) is 13.4. The summed E-state index contributed by atoms with van der Waals surface area (Å²) in [5.41, 5.74) is 4.04. The van der Waals surface area contributed by atoms with E-state index in [1.165, 1.54) is 33.5 Å². The number of thiophene rings is 1. The third-order valence-electron chi connectivity index (χ3n) is 3.82. The molecule has 0 bridgehead atoms. The zero-order valence-electron chi connectivity index (χ0n) is 15.0. The van der Waals surface area contributed by atoms with Crippen molar-refractivity contribution >= 4 is 45.5 Å². The predicted molar refractivity (Wildman–Crippen MR) is 107 cm³/mol. The van der Waals surface area contributed by atoms with Crippen LogP contribution in [0.15, 0.2) is 16.0 Å². The van der Waals surface area contributed by atoms with E-state index >= 15 is 0 Å². The van der Waals surface area contributed by atoms with Gasteiger partial charge in [0.2, 0.25) is 11.0 Å². The molecule has 1 N–H and O–H groups in total. The quantitative estimate of drug-likeness (QED) is 0.594. The summed E-state index contributed by atoms with van der Waals surface area (Å²) < 4.78 is 2.10. The molecular weight excluding hydrogens is 388 g/mol. The molecule has 3 heterocycles. The molecule has 0 saturated carbocycles. The Balaban J connectivity index is 1.80. The van der Waals surface area contributed by atoms with E-state index in [4.69, 9.17) is 0 Å². The lowest BCUT2D eigenvalue weighted by Gasteiger charge is -2.14. The Morgan fingerprint density at radius 3 is 2.77 bits per heavy atom. The number of hydrogen-bond donors (Lipinski definition) is 1. The van der Waals surface area contributed by atoms with Gasteiger partial charge in [0, 0.05) is 21.9 Å². The van der Waals surface area contributed by atoms with Gasteiger partial charge in [-0.05, 0) is 32.8 Å². The lowest BCUT2D eigenvalue weighted by Crippen LogP contribution is -2.15. The molecule has 0 atom stereocenters. The topological polar surface area (TPSA) is 85.6 Å². The van der Waals surface area contributed by atoms with Crippen LogP contribution in [-0.2, 0) is 11.2 Å². The third-order valence-corrected chi connectivity index (χ3v) is 6.32. The van der Waals surface area contributed by atoms with Gasteiger partial charge in [-0.3, -0.25) is 14.7 Å². The molecule has 0 spiro atoms. The Bertz CT molecular complexity index is 884. The number of nitrogens with one attached hydrogen (secondary N) is 1. The van der Waals surface area contributed by atoms with Gasteiger partial charge in [-0.1, -0.05) is 30.0 Å². The summed E-state index contributed by atoms with van der Waals surface area (Å²) in [5, 5.41) is 22.4. The Morgan fingerprint density at radius 2 is 2.12 bits per heavy atom.